The first-order valence-corrected chi connectivity index (χ1v) is 15.3. The van der Waals surface area contributed by atoms with Gasteiger partial charge in [-0.3, -0.25) is 0 Å². The van der Waals surface area contributed by atoms with Crippen LogP contribution >= 0.6 is 0 Å². The largest absolute Gasteiger partial charge is 0.497 e. The molecule has 1 aliphatic carbocycles. The molecule has 10 heteroatoms. The van der Waals surface area contributed by atoms with Crippen LogP contribution in [0.3, 0.4) is 0 Å². The van der Waals surface area contributed by atoms with Crippen molar-refractivity contribution in [3.8, 4) is 5.75 Å². The number of aromatic amines is 1. The number of aliphatic hydroxyl groups is 1. The molecule has 0 unspecified atom stereocenters. The molecule has 2 aliphatic heterocycles. The van der Waals surface area contributed by atoms with E-state index in [4.69, 9.17) is 4.74 Å². The van der Waals surface area contributed by atoms with Crippen molar-refractivity contribution in [1.82, 2.24) is 23.7 Å². The molecule has 1 saturated heterocycles. The second kappa shape index (κ2) is 9.97. The number of aromatic nitrogens is 3. The topological polar surface area (TPSA) is 104 Å². The number of sulfonamides is 1. The molecule has 3 aliphatic rings. The number of likely N-dealkylation sites (tertiary alicyclic amines) is 1. The number of aliphatic hydroxyl groups excluding tert-OH is 1. The Kier molecular flexibility index (Phi) is 6.78. The summed E-state index contributed by atoms with van der Waals surface area (Å²) in [5.41, 5.74) is 2.52. The summed E-state index contributed by atoms with van der Waals surface area (Å²) in [6.07, 6.45) is 11.5. The number of fused-ring (bicyclic) bond motifs is 4. The Morgan fingerprint density at radius 3 is 2.61 bits per heavy atom. The van der Waals surface area contributed by atoms with Gasteiger partial charge in [-0.2, -0.15) is 4.31 Å². The van der Waals surface area contributed by atoms with Gasteiger partial charge >= 0.3 is 0 Å². The number of nitrogens with one attached hydrogen (secondary N) is 1. The fraction of sp³-hybridized carbons (Fsp3) is 0.607. The predicted molar refractivity (Wildman–Crippen MR) is 146 cm³/mol. The van der Waals surface area contributed by atoms with Crippen LogP contribution in [0.1, 0.15) is 62.2 Å². The van der Waals surface area contributed by atoms with E-state index in [9.17, 15) is 13.5 Å². The summed E-state index contributed by atoms with van der Waals surface area (Å²) >= 11 is 0. The van der Waals surface area contributed by atoms with Crippen molar-refractivity contribution in [1.29, 1.82) is 0 Å². The van der Waals surface area contributed by atoms with Gasteiger partial charge in [0.15, 0.2) is 5.03 Å². The summed E-state index contributed by atoms with van der Waals surface area (Å²) in [5.74, 6) is 1.52. The number of nitrogens with zero attached hydrogens (tertiary/aromatic N) is 4. The van der Waals surface area contributed by atoms with E-state index in [1.54, 1.807) is 18.7 Å². The Balaban J connectivity index is 1.40. The molecular formula is C28H39N5O4S. The maximum Gasteiger partial charge on any atom is 0.262 e. The Morgan fingerprint density at radius 1 is 1.18 bits per heavy atom. The molecule has 1 atom stereocenters. The van der Waals surface area contributed by atoms with Crippen LogP contribution in [-0.4, -0.2) is 77.2 Å². The fourth-order valence-electron chi connectivity index (χ4n) is 7.16. The molecule has 2 aromatic heterocycles. The Hall–Kier alpha value is -2.40. The maximum atomic E-state index is 13.9. The lowest BCUT2D eigenvalue weighted by molar-refractivity contribution is 0.0850. The number of ether oxygens (including phenoxy) is 1. The molecule has 2 fully saturated rings. The van der Waals surface area contributed by atoms with Crippen molar-refractivity contribution in [3.05, 3.63) is 42.0 Å². The van der Waals surface area contributed by atoms with Gasteiger partial charge < -0.3 is 24.3 Å². The van der Waals surface area contributed by atoms with Crippen LogP contribution in [-0.2, 0) is 22.5 Å². The minimum atomic E-state index is -3.92. The van der Waals surface area contributed by atoms with Gasteiger partial charge in [-0.05, 0) is 62.4 Å². The zero-order valence-corrected chi connectivity index (χ0v) is 23.2. The van der Waals surface area contributed by atoms with Crippen molar-refractivity contribution < 1.29 is 18.3 Å². The zero-order valence-electron chi connectivity index (χ0n) is 22.4. The highest BCUT2D eigenvalue weighted by atomic mass is 32.2. The third kappa shape index (κ3) is 4.35. The van der Waals surface area contributed by atoms with E-state index in [0.29, 0.717) is 6.54 Å². The lowest BCUT2D eigenvalue weighted by Crippen LogP contribution is -2.55. The van der Waals surface area contributed by atoms with Crippen LogP contribution in [0, 0.1) is 5.92 Å². The van der Waals surface area contributed by atoms with Crippen LogP contribution in [0.5, 0.6) is 5.75 Å². The summed E-state index contributed by atoms with van der Waals surface area (Å²) in [4.78, 5) is 10.3. The lowest BCUT2D eigenvalue weighted by Gasteiger charge is -2.49. The molecule has 3 aromatic rings. The average molecular weight is 542 g/mol. The molecule has 38 heavy (non-hydrogen) atoms. The Morgan fingerprint density at radius 2 is 1.95 bits per heavy atom. The van der Waals surface area contributed by atoms with Crippen molar-refractivity contribution in [2.24, 2.45) is 13.0 Å². The van der Waals surface area contributed by atoms with Crippen LogP contribution < -0.4 is 4.74 Å². The average Bonchev–Trinajstić information content (AvgIpc) is 3.55. The van der Waals surface area contributed by atoms with E-state index in [0.717, 1.165) is 60.7 Å². The van der Waals surface area contributed by atoms with Crippen molar-refractivity contribution >= 4 is 20.9 Å². The number of methoxy groups -OCH3 is 1. The van der Waals surface area contributed by atoms with Gasteiger partial charge in [0.2, 0.25) is 0 Å². The quantitative estimate of drug-likeness (QED) is 0.495. The van der Waals surface area contributed by atoms with E-state index >= 15 is 0 Å². The van der Waals surface area contributed by atoms with E-state index in [1.807, 2.05) is 12.1 Å². The highest BCUT2D eigenvalue weighted by molar-refractivity contribution is 7.89. The molecule has 1 saturated carbocycles. The summed E-state index contributed by atoms with van der Waals surface area (Å²) in [7, 11) is -0.517. The number of rotatable bonds is 6. The van der Waals surface area contributed by atoms with Gasteiger partial charge in [-0.1, -0.05) is 19.3 Å². The molecule has 1 aromatic carbocycles. The summed E-state index contributed by atoms with van der Waals surface area (Å²) in [5, 5.41) is 11.7. The zero-order chi connectivity index (χ0) is 26.5. The van der Waals surface area contributed by atoms with E-state index < -0.39 is 16.1 Å². The molecular weight excluding hydrogens is 502 g/mol. The molecule has 0 bridgehead atoms. The number of imidazole rings is 1. The third-order valence-electron chi connectivity index (χ3n) is 9.19. The summed E-state index contributed by atoms with van der Waals surface area (Å²) in [6, 6.07) is 5.30. The molecule has 0 amide bonds. The van der Waals surface area contributed by atoms with Crippen LogP contribution in [0.4, 0.5) is 0 Å². The van der Waals surface area contributed by atoms with Gasteiger partial charge in [0, 0.05) is 54.4 Å². The van der Waals surface area contributed by atoms with E-state index in [-0.39, 0.29) is 17.0 Å². The number of hydrogen-bond donors (Lipinski definition) is 2. The number of hydrogen-bond acceptors (Lipinski definition) is 6. The second-order valence-electron chi connectivity index (χ2n) is 11.5. The van der Waals surface area contributed by atoms with Gasteiger partial charge in [-0.15, -0.1) is 0 Å². The Bertz CT molecular complexity index is 1400. The molecule has 206 valence electrons. The summed E-state index contributed by atoms with van der Waals surface area (Å²) < 4.78 is 36.5. The van der Waals surface area contributed by atoms with Crippen molar-refractivity contribution in [2.75, 3.05) is 39.9 Å². The van der Waals surface area contributed by atoms with Gasteiger partial charge in [0.25, 0.3) is 10.0 Å². The molecule has 4 heterocycles. The molecule has 9 nitrogen and oxygen atoms in total. The Labute approximate surface area is 224 Å². The van der Waals surface area contributed by atoms with Crippen LogP contribution in [0.15, 0.2) is 35.7 Å². The number of piperidine rings is 1. The highest BCUT2D eigenvalue weighted by Gasteiger charge is 2.51. The number of aryl methyl sites for hydroxylation is 1. The predicted octanol–water partition coefficient (Wildman–Crippen LogP) is 3.56. The monoisotopic (exact) mass is 541 g/mol. The van der Waals surface area contributed by atoms with Gasteiger partial charge in [0.05, 0.1) is 26.1 Å². The summed E-state index contributed by atoms with van der Waals surface area (Å²) in [6.45, 7) is 3.05. The van der Waals surface area contributed by atoms with Crippen LogP contribution in [0.25, 0.3) is 10.9 Å². The third-order valence-corrected chi connectivity index (χ3v) is 10.9. The highest BCUT2D eigenvalue weighted by Crippen LogP contribution is 2.50. The normalized spacial score (nSPS) is 23.2. The second-order valence-corrected chi connectivity index (χ2v) is 13.4. The lowest BCUT2D eigenvalue weighted by atomic mass is 9.68. The molecule has 6 rings (SSSR count). The van der Waals surface area contributed by atoms with E-state index in [2.05, 4.69) is 20.9 Å². The maximum absolute atomic E-state index is 13.9. The SMILES string of the molecule is COc1ccc2c3c([nH]c2c1)[C@H](CO)N(S(=O)(=O)c1cn(C)cn1)CC31CCN(CC2CCCCC2)CC1. The minimum Gasteiger partial charge on any atom is -0.497 e. The minimum absolute atomic E-state index is 0.0181. The number of H-pyrrole nitrogens is 1. The molecule has 1 spiro atoms. The molecule has 2 N–H and O–H groups in total. The first-order valence-electron chi connectivity index (χ1n) is 13.9. The van der Waals surface area contributed by atoms with Crippen molar-refractivity contribution in [3.63, 3.8) is 0 Å². The fourth-order valence-corrected chi connectivity index (χ4v) is 8.81. The van der Waals surface area contributed by atoms with Gasteiger partial charge in [0.1, 0.15) is 5.75 Å². The molecule has 0 radical (unpaired) electrons. The first-order chi connectivity index (χ1) is 18.3. The number of benzene rings is 1. The first kappa shape index (κ1) is 25.9. The van der Waals surface area contributed by atoms with Crippen molar-refractivity contribution in [2.45, 2.75) is 61.4 Å². The van der Waals surface area contributed by atoms with Crippen LogP contribution in [0.2, 0.25) is 0 Å². The standard InChI is InChI=1S/C28H39N5O4S/c1-31-16-25(29-19-31)38(35,36)33-18-28(10-12-32(13-11-28)15-20-6-4-3-5-7-20)26-22-9-8-21(37-2)14-23(22)30-27(26)24(33)17-34/h8-9,14,16,19-20,24,30,34H,3-7,10-13,15,17-18H2,1-2H3/t24-/m0/s1. The smallest absolute Gasteiger partial charge is 0.262 e. The van der Waals surface area contributed by atoms with Gasteiger partial charge in [-0.25, -0.2) is 13.4 Å². The van der Waals surface area contributed by atoms with E-state index in [1.165, 1.54) is 54.5 Å².